The van der Waals surface area contributed by atoms with Crippen LogP contribution in [0, 0.1) is 0 Å². The second kappa shape index (κ2) is 8.22. The van der Waals surface area contributed by atoms with Gasteiger partial charge in [-0.15, -0.1) is 0 Å². The van der Waals surface area contributed by atoms with Gasteiger partial charge >= 0.3 is 9.28 Å². The number of fused-ring (bicyclic) bond motifs is 3. The maximum atomic E-state index is 6.09. The minimum Gasteiger partial charge on any atom is -0.393 e. The first kappa shape index (κ1) is 18.2. The first-order valence-electron chi connectivity index (χ1n) is 9.88. The molecular formula is C24H26O2Si. The van der Waals surface area contributed by atoms with E-state index >= 15 is 0 Å². The van der Waals surface area contributed by atoms with Crippen LogP contribution in [0.4, 0.5) is 0 Å². The van der Waals surface area contributed by atoms with E-state index in [4.69, 9.17) is 8.85 Å². The van der Waals surface area contributed by atoms with Crippen LogP contribution in [0.3, 0.4) is 0 Å². The fraction of sp³-hybridized carbons (Fsp3) is 0.250. The van der Waals surface area contributed by atoms with Crippen molar-refractivity contribution in [1.82, 2.24) is 0 Å². The first-order chi connectivity index (χ1) is 13.3. The molecule has 4 rings (SSSR count). The average Bonchev–Trinajstić information content (AvgIpc) is 2.70. The second-order valence-corrected chi connectivity index (χ2v) is 9.08. The highest BCUT2D eigenvalue weighted by Crippen LogP contribution is 2.27. The minimum atomic E-state index is -1.84. The van der Waals surface area contributed by atoms with Crippen molar-refractivity contribution in [1.29, 1.82) is 0 Å². The highest BCUT2D eigenvalue weighted by atomic mass is 28.3. The van der Waals surface area contributed by atoms with Crippen molar-refractivity contribution in [2.75, 3.05) is 13.2 Å². The maximum Gasteiger partial charge on any atom is 0.355 e. The molecule has 0 saturated carbocycles. The van der Waals surface area contributed by atoms with E-state index in [-0.39, 0.29) is 0 Å². The summed E-state index contributed by atoms with van der Waals surface area (Å²) in [5, 5.41) is 8.88. The molecule has 2 nitrogen and oxygen atoms in total. The smallest absolute Gasteiger partial charge is 0.355 e. The van der Waals surface area contributed by atoms with Gasteiger partial charge in [0.15, 0.2) is 0 Å². The zero-order valence-corrected chi connectivity index (χ0v) is 17.2. The molecule has 0 aliphatic heterocycles. The Morgan fingerprint density at radius 1 is 0.593 bits per heavy atom. The van der Waals surface area contributed by atoms with E-state index in [1.54, 1.807) is 0 Å². The van der Waals surface area contributed by atoms with Crippen molar-refractivity contribution in [2.45, 2.75) is 26.7 Å². The lowest BCUT2D eigenvalue weighted by Crippen LogP contribution is -2.37. The Morgan fingerprint density at radius 2 is 1.07 bits per heavy atom. The van der Waals surface area contributed by atoms with E-state index in [1.165, 1.54) is 37.5 Å². The fourth-order valence-electron chi connectivity index (χ4n) is 3.55. The molecule has 0 N–H and O–H groups in total. The molecular weight excluding hydrogens is 348 g/mol. The highest BCUT2D eigenvalue weighted by molar-refractivity contribution is 6.61. The van der Waals surface area contributed by atoms with Gasteiger partial charge < -0.3 is 8.85 Å². The van der Waals surface area contributed by atoms with Crippen LogP contribution in [0.1, 0.15) is 26.7 Å². The molecule has 0 saturated heterocycles. The molecule has 0 unspecified atom stereocenters. The van der Waals surface area contributed by atoms with Crippen molar-refractivity contribution in [3.8, 4) is 0 Å². The van der Waals surface area contributed by atoms with E-state index in [1.807, 2.05) is 0 Å². The largest absolute Gasteiger partial charge is 0.393 e. The van der Waals surface area contributed by atoms with Crippen LogP contribution < -0.4 is 5.19 Å². The first-order valence-corrected chi connectivity index (χ1v) is 11.4. The minimum absolute atomic E-state index is 0.766. The third-order valence-corrected chi connectivity index (χ3v) is 6.88. The Labute approximate surface area is 162 Å². The molecule has 0 amide bonds. The Kier molecular flexibility index (Phi) is 5.53. The number of hydrogen-bond donors (Lipinski definition) is 0. The summed E-state index contributed by atoms with van der Waals surface area (Å²) in [5.41, 5.74) is 0. The number of rotatable bonds is 7. The van der Waals surface area contributed by atoms with Gasteiger partial charge in [0.25, 0.3) is 0 Å². The summed E-state index contributed by atoms with van der Waals surface area (Å²) in [6.07, 6.45) is 2.04. The van der Waals surface area contributed by atoms with Crippen LogP contribution in [-0.2, 0) is 8.85 Å². The molecule has 3 heteroatoms. The van der Waals surface area contributed by atoms with Gasteiger partial charge in [-0.3, -0.25) is 0 Å². The van der Waals surface area contributed by atoms with Crippen molar-refractivity contribution >= 4 is 46.8 Å². The van der Waals surface area contributed by atoms with Crippen LogP contribution in [0.2, 0.25) is 0 Å². The Morgan fingerprint density at radius 3 is 1.63 bits per heavy atom. The molecule has 0 radical (unpaired) electrons. The van der Waals surface area contributed by atoms with Crippen LogP contribution in [0.15, 0.2) is 66.7 Å². The highest BCUT2D eigenvalue weighted by Gasteiger charge is 2.16. The fourth-order valence-corrected chi connectivity index (χ4v) is 5.50. The SMILES string of the molecule is CCCO[SiH](OCCC)c1ccc2cc3cc4ccccc4cc3cc2c1. The molecule has 0 aliphatic rings. The van der Waals surface area contributed by atoms with Crippen LogP contribution in [-0.4, -0.2) is 22.5 Å². The molecule has 0 fully saturated rings. The van der Waals surface area contributed by atoms with Crippen molar-refractivity contribution < 1.29 is 8.85 Å². The molecule has 0 bridgehead atoms. The molecule has 27 heavy (non-hydrogen) atoms. The lowest BCUT2D eigenvalue weighted by molar-refractivity contribution is 0.207. The summed E-state index contributed by atoms with van der Waals surface area (Å²) in [4.78, 5) is 0. The van der Waals surface area contributed by atoms with Gasteiger partial charge in [-0.25, -0.2) is 0 Å². The van der Waals surface area contributed by atoms with Gasteiger partial charge in [-0.1, -0.05) is 56.3 Å². The lowest BCUT2D eigenvalue weighted by atomic mass is 10.00. The van der Waals surface area contributed by atoms with Gasteiger partial charge in [0, 0.05) is 13.2 Å². The molecule has 4 aromatic rings. The molecule has 0 aliphatic carbocycles. The standard InChI is InChI=1S/C24H26O2Si/c1-3-11-25-27(26-12-4-2)24-10-9-20-15-21-13-18-7-5-6-8-19(18)14-22(21)16-23(20)17-24/h5-10,13-17,27H,3-4,11-12H2,1-2H3. The Balaban J connectivity index is 1.77. The molecule has 0 aromatic heterocycles. The maximum absolute atomic E-state index is 6.09. The van der Waals surface area contributed by atoms with E-state index in [0.29, 0.717) is 0 Å². The third-order valence-electron chi connectivity index (χ3n) is 4.90. The van der Waals surface area contributed by atoms with Crippen LogP contribution in [0.5, 0.6) is 0 Å². The molecule has 138 valence electrons. The molecule has 4 aromatic carbocycles. The summed E-state index contributed by atoms with van der Waals surface area (Å²) in [5.74, 6) is 0. The average molecular weight is 375 g/mol. The Bertz CT molecular complexity index is 1070. The number of hydrogen-bond acceptors (Lipinski definition) is 2. The zero-order chi connectivity index (χ0) is 18.6. The van der Waals surface area contributed by atoms with E-state index in [0.717, 1.165) is 26.1 Å². The van der Waals surface area contributed by atoms with Gasteiger partial charge in [-0.2, -0.15) is 0 Å². The summed E-state index contributed by atoms with van der Waals surface area (Å²) < 4.78 is 12.2. The van der Waals surface area contributed by atoms with Crippen molar-refractivity contribution in [2.24, 2.45) is 0 Å². The van der Waals surface area contributed by atoms with E-state index in [2.05, 4.69) is 80.6 Å². The predicted molar refractivity (Wildman–Crippen MR) is 118 cm³/mol. The van der Waals surface area contributed by atoms with Crippen molar-refractivity contribution in [3.05, 3.63) is 66.7 Å². The summed E-state index contributed by atoms with van der Waals surface area (Å²) in [6.45, 7) is 5.81. The molecule has 0 spiro atoms. The van der Waals surface area contributed by atoms with Gasteiger partial charge in [0.1, 0.15) is 0 Å². The monoisotopic (exact) mass is 374 g/mol. The second-order valence-electron chi connectivity index (χ2n) is 7.08. The van der Waals surface area contributed by atoms with E-state index < -0.39 is 9.28 Å². The Hall–Kier alpha value is -2.20. The quantitative estimate of drug-likeness (QED) is 0.317. The van der Waals surface area contributed by atoms with Gasteiger partial charge in [0.2, 0.25) is 0 Å². The van der Waals surface area contributed by atoms with Crippen LogP contribution in [0.25, 0.3) is 32.3 Å². The van der Waals surface area contributed by atoms with Crippen LogP contribution >= 0.6 is 0 Å². The normalized spacial score (nSPS) is 11.8. The molecule has 0 heterocycles. The summed E-state index contributed by atoms with van der Waals surface area (Å²) >= 11 is 0. The zero-order valence-electron chi connectivity index (χ0n) is 16.1. The number of benzene rings is 4. The van der Waals surface area contributed by atoms with Crippen molar-refractivity contribution in [3.63, 3.8) is 0 Å². The topological polar surface area (TPSA) is 18.5 Å². The van der Waals surface area contributed by atoms with Gasteiger partial charge in [-0.05, 0) is 74.6 Å². The summed E-state index contributed by atoms with van der Waals surface area (Å²) in [6, 6.07) is 24.4. The summed E-state index contributed by atoms with van der Waals surface area (Å²) in [7, 11) is -1.84. The third kappa shape index (κ3) is 3.91. The van der Waals surface area contributed by atoms with Gasteiger partial charge in [0.05, 0.1) is 0 Å². The van der Waals surface area contributed by atoms with E-state index in [9.17, 15) is 0 Å². The molecule has 0 atom stereocenters. The predicted octanol–water partition coefficient (Wildman–Crippen LogP) is 5.43. The lowest BCUT2D eigenvalue weighted by Gasteiger charge is -2.17.